The van der Waals surface area contributed by atoms with Gasteiger partial charge in [0.1, 0.15) is 0 Å². The average Bonchev–Trinajstić information content (AvgIpc) is 2.88. The number of rotatable bonds is 3. The highest BCUT2D eigenvalue weighted by atomic mass is 16.1. The lowest BCUT2D eigenvalue weighted by Crippen LogP contribution is -2.12. The number of anilines is 1. The van der Waals surface area contributed by atoms with E-state index in [0.29, 0.717) is 11.3 Å². The molecule has 6 nitrogen and oxygen atoms in total. The average molecular weight is 293 g/mol. The van der Waals surface area contributed by atoms with Crippen LogP contribution in [0.3, 0.4) is 0 Å². The fraction of sp³-hybridized carbons (Fsp3) is 0.125. The molecule has 110 valence electrons. The molecule has 0 saturated heterocycles. The maximum atomic E-state index is 12.2. The summed E-state index contributed by atoms with van der Waals surface area (Å²) in [6.45, 7) is 1.90. The molecule has 1 N–H and O–H groups in total. The van der Waals surface area contributed by atoms with Gasteiger partial charge in [-0.05, 0) is 31.2 Å². The molecule has 0 spiro atoms. The summed E-state index contributed by atoms with van der Waals surface area (Å²) in [5, 5.41) is 6.93. The lowest BCUT2D eigenvalue weighted by molar-refractivity contribution is 0.102. The van der Waals surface area contributed by atoms with Gasteiger partial charge in [0.2, 0.25) is 0 Å². The van der Waals surface area contributed by atoms with Crippen LogP contribution < -0.4 is 5.32 Å². The fourth-order valence-electron chi connectivity index (χ4n) is 2.04. The predicted octanol–water partition coefficient (Wildman–Crippen LogP) is 2.44. The normalized spacial score (nSPS) is 10.5. The minimum atomic E-state index is -0.204. The second kappa shape index (κ2) is 5.77. The molecule has 0 aliphatic rings. The smallest absolute Gasteiger partial charge is 0.257 e. The third kappa shape index (κ3) is 2.71. The van der Waals surface area contributed by atoms with Crippen LogP contribution in [0, 0.1) is 6.92 Å². The third-order valence-electron chi connectivity index (χ3n) is 3.49. The van der Waals surface area contributed by atoms with E-state index >= 15 is 0 Å². The van der Waals surface area contributed by atoms with Crippen LogP contribution in [0.2, 0.25) is 0 Å². The van der Waals surface area contributed by atoms with Crippen molar-refractivity contribution < 1.29 is 4.79 Å². The molecule has 0 saturated carbocycles. The molecule has 1 amide bonds. The molecule has 0 radical (unpaired) electrons. The number of hydrogen-bond acceptors (Lipinski definition) is 4. The minimum absolute atomic E-state index is 0.204. The second-order valence-electron chi connectivity index (χ2n) is 4.89. The SMILES string of the molecule is Cc1c(NC(=O)c2ccc(-c3ccncc3)nc2)cnn1C. The summed E-state index contributed by atoms with van der Waals surface area (Å²) in [5.74, 6) is -0.204. The molecular formula is C16H15N5O. The van der Waals surface area contributed by atoms with E-state index in [-0.39, 0.29) is 5.91 Å². The fourth-order valence-corrected chi connectivity index (χ4v) is 2.04. The lowest BCUT2D eigenvalue weighted by atomic mass is 10.1. The number of aromatic nitrogens is 4. The zero-order valence-electron chi connectivity index (χ0n) is 12.3. The molecular weight excluding hydrogens is 278 g/mol. The molecule has 3 aromatic rings. The topological polar surface area (TPSA) is 72.7 Å². The van der Waals surface area contributed by atoms with Crippen LogP contribution in [0.4, 0.5) is 5.69 Å². The third-order valence-corrected chi connectivity index (χ3v) is 3.49. The Bertz CT molecular complexity index is 793. The number of hydrogen-bond donors (Lipinski definition) is 1. The summed E-state index contributed by atoms with van der Waals surface area (Å²) in [6, 6.07) is 7.33. The van der Waals surface area contributed by atoms with Crippen LogP contribution in [0.5, 0.6) is 0 Å². The first-order chi connectivity index (χ1) is 10.6. The van der Waals surface area contributed by atoms with Crippen molar-refractivity contribution in [3.8, 4) is 11.3 Å². The lowest BCUT2D eigenvalue weighted by Gasteiger charge is -2.05. The van der Waals surface area contributed by atoms with Crippen molar-refractivity contribution in [3.05, 3.63) is 60.3 Å². The van der Waals surface area contributed by atoms with Crippen LogP contribution in [0.15, 0.2) is 49.1 Å². The van der Waals surface area contributed by atoms with Crippen molar-refractivity contribution >= 4 is 11.6 Å². The number of nitrogens with one attached hydrogen (secondary N) is 1. The second-order valence-corrected chi connectivity index (χ2v) is 4.89. The molecule has 3 aromatic heterocycles. The van der Waals surface area contributed by atoms with Crippen molar-refractivity contribution in [1.29, 1.82) is 0 Å². The van der Waals surface area contributed by atoms with E-state index in [9.17, 15) is 4.79 Å². The first-order valence-corrected chi connectivity index (χ1v) is 6.81. The van der Waals surface area contributed by atoms with Crippen molar-refractivity contribution in [1.82, 2.24) is 19.7 Å². The molecule has 3 heterocycles. The van der Waals surface area contributed by atoms with Crippen LogP contribution in [-0.2, 0) is 7.05 Å². The Kier molecular flexibility index (Phi) is 3.65. The molecule has 0 atom stereocenters. The number of nitrogens with zero attached hydrogens (tertiary/aromatic N) is 4. The van der Waals surface area contributed by atoms with Gasteiger partial charge in [-0.3, -0.25) is 19.4 Å². The summed E-state index contributed by atoms with van der Waals surface area (Å²) in [5.41, 5.74) is 3.86. The Balaban J connectivity index is 1.78. The number of amides is 1. The Labute approximate surface area is 127 Å². The van der Waals surface area contributed by atoms with E-state index in [1.807, 2.05) is 32.2 Å². The number of pyridine rings is 2. The zero-order valence-corrected chi connectivity index (χ0v) is 12.3. The largest absolute Gasteiger partial charge is 0.319 e. The van der Waals surface area contributed by atoms with Crippen LogP contribution in [-0.4, -0.2) is 25.7 Å². The Morgan fingerprint density at radius 2 is 1.91 bits per heavy atom. The van der Waals surface area contributed by atoms with E-state index < -0.39 is 0 Å². The molecule has 3 rings (SSSR count). The Morgan fingerprint density at radius 1 is 1.14 bits per heavy atom. The van der Waals surface area contributed by atoms with Crippen LogP contribution in [0.1, 0.15) is 16.1 Å². The standard InChI is InChI=1S/C16H15N5O/c1-11-15(10-19-21(11)2)20-16(22)13-3-4-14(18-9-13)12-5-7-17-8-6-12/h3-10H,1-2H3,(H,20,22). The van der Waals surface area contributed by atoms with Gasteiger partial charge in [0, 0.05) is 31.2 Å². The first kappa shape index (κ1) is 13.9. The number of carbonyl (C=O) groups excluding carboxylic acids is 1. The van der Waals surface area contributed by atoms with Crippen LogP contribution >= 0.6 is 0 Å². The molecule has 0 bridgehead atoms. The summed E-state index contributed by atoms with van der Waals surface area (Å²) >= 11 is 0. The van der Waals surface area contributed by atoms with Crippen molar-refractivity contribution in [3.63, 3.8) is 0 Å². The summed E-state index contributed by atoms with van der Waals surface area (Å²) in [7, 11) is 1.83. The summed E-state index contributed by atoms with van der Waals surface area (Å²) < 4.78 is 1.71. The monoisotopic (exact) mass is 293 g/mol. The summed E-state index contributed by atoms with van der Waals surface area (Å²) in [6.07, 6.45) is 6.62. The Hall–Kier alpha value is -3.02. The van der Waals surface area contributed by atoms with Gasteiger partial charge in [-0.1, -0.05) is 0 Å². The molecule has 22 heavy (non-hydrogen) atoms. The van der Waals surface area contributed by atoms with Gasteiger partial charge in [-0.2, -0.15) is 5.10 Å². The Morgan fingerprint density at radius 3 is 2.50 bits per heavy atom. The quantitative estimate of drug-likeness (QED) is 0.805. The molecule has 6 heteroatoms. The summed E-state index contributed by atoms with van der Waals surface area (Å²) in [4.78, 5) is 20.5. The van der Waals surface area contributed by atoms with Crippen molar-refractivity contribution in [2.45, 2.75) is 6.92 Å². The minimum Gasteiger partial charge on any atom is -0.319 e. The van der Waals surface area contributed by atoms with Gasteiger partial charge in [0.15, 0.2) is 0 Å². The van der Waals surface area contributed by atoms with Gasteiger partial charge < -0.3 is 5.32 Å². The molecule has 0 aliphatic heterocycles. The van der Waals surface area contributed by atoms with Gasteiger partial charge in [-0.25, -0.2) is 0 Å². The highest BCUT2D eigenvalue weighted by Gasteiger charge is 2.11. The van der Waals surface area contributed by atoms with Crippen molar-refractivity contribution in [2.75, 3.05) is 5.32 Å². The van der Waals surface area contributed by atoms with E-state index in [4.69, 9.17) is 0 Å². The van der Waals surface area contributed by atoms with E-state index in [2.05, 4.69) is 20.4 Å². The highest BCUT2D eigenvalue weighted by Crippen LogP contribution is 2.17. The number of carbonyl (C=O) groups is 1. The van der Waals surface area contributed by atoms with E-state index in [0.717, 1.165) is 17.0 Å². The molecule has 0 unspecified atom stereocenters. The predicted molar refractivity (Wildman–Crippen MR) is 83.4 cm³/mol. The van der Waals surface area contributed by atoms with E-state index in [1.54, 1.807) is 35.5 Å². The van der Waals surface area contributed by atoms with E-state index in [1.165, 1.54) is 0 Å². The molecule has 0 aliphatic carbocycles. The molecule has 0 aromatic carbocycles. The highest BCUT2D eigenvalue weighted by molar-refractivity contribution is 6.04. The van der Waals surface area contributed by atoms with Gasteiger partial charge in [0.25, 0.3) is 5.91 Å². The first-order valence-electron chi connectivity index (χ1n) is 6.81. The maximum absolute atomic E-state index is 12.2. The maximum Gasteiger partial charge on any atom is 0.257 e. The van der Waals surface area contributed by atoms with Gasteiger partial charge in [0.05, 0.1) is 28.8 Å². The molecule has 0 fully saturated rings. The number of aryl methyl sites for hydroxylation is 1. The zero-order chi connectivity index (χ0) is 15.5. The van der Waals surface area contributed by atoms with Crippen LogP contribution in [0.25, 0.3) is 11.3 Å². The van der Waals surface area contributed by atoms with Crippen molar-refractivity contribution in [2.24, 2.45) is 7.05 Å². The van der Waals surface area contributed by atoms with Gasteiger partial charge in [-0.15, -0.1) is 0 Å². The van der Waals surface area contributed by atoms with Gasteiger partial charge >= 0.3 is 0 Å².